The van der Waals surface area contributed by atoms with E-state index >= 15 is 0 Å². The predicted octanol–water partition coefficient (Wildman–Crippen LogP) is 6.06. The summed E-state index contributed by atoms with van der Waals surface area (Å²) < 4.78 is 18.7. The molecule has 0 spiro atoms. The maximum atomic E-state index is 12.9. The molecule has 2 fully saturated rings. The lowest BCUT2D eigenvalue weighted by molar-refractivity contribution is 0.185. The third kappa shape index (κ3) is 9.96. The van der Waals surface area contributed by atoms with Gasteiger partial charge in [0.25, 0.3) is 0 Å². The fourth-order valence-corrected chi connectivity index (χ4v) is 5.59. The van der Waals surface area contributed by atoms with Crippen molar-refractivity contribution in [3.63, 3.8) is 0 Å². The van der Waals surface area contributed by atoms with Gasteiger partial charge in [0.1, 0.15) is 5.82 Å². The Kier molecular flexibility index (Phi) is 15.0. The van der Waals surface area contributed by atoms with Crippen molar-refractivity contribution in [2.45, 2.75) is 78.2 Å². The van der Waals surface area contributed by atoms with Crippen molar-refractivity contribution in [1.29, 1.82) is 0 Å². The van der Waals surface area contributed by atoms with E-state index in [2.05, 4.69) is 44.0 Å². The molecule has 2 atom stereocenters. The molecule has 1 saturated heterocycles. The summed E-state index contributed by atoms with van der Waals surface area (Å²) >= 11 is 1.67. The SMILES string of the molecule is CC.CCN(CC)SNC1CCN(c2cccnn2)CC1CO.Fc1cccc(C2CCCCC2)c1. The third-order valence-corrected chi connectivity index (χ3v) is 8.00. The number of hydrogen-bond acceptors (Lipinski definition) is 7. The lowest BCUT2D eigenvalue weighted by Crippen LogP contribution is -2.50. The summed E-state index contributed by atoms with van der Waals surface area (Å²) in [6.07, 6.45) is 9.12. The molecule has 6 nitrogen and oxygen atoms in total. The molecule has 1 aromatic heterocycles. The Labute approximate surface area is 222 Å². The Hall–Kier alpha value is -1.74. The van der Waals surface area contributed by atoms with Crippen LogP contribution in [-0.2, 0) is 0 Å². The normalized spacial score (nSPS) is 20.2. The van der Waals surface area contributed by atoms with E-state index in [1.54, 1.807) is 24.4 Å². The Morgan fingerprint density at radius 2 is 1.83 bits per heavy atom. The topological polar surface area (TPSA) is 64.5 Å². The number of nitrogens with one attached hydrogen (secondary N) is 1. The number of piperidine rings is 1. The van der Waals surface area contributed by atoms with Gasteiger partial charge in [-0.05, 0) is 55.0 Å². The summed E-state index contributed by atoms with van der Waals surface area (Å²) in [5.74, 6) is 1.63. The highest BCUT2D eigenvalue weighted by Gasteiger charge is 2.29. The van der Waals surface area contributed by atoms with E-state index in [4.69, 9.17) is 0 Å². The monoisotopic (exact) mass is 519 g/mol. The standard InChI is InChI=1S/C14H25N5OS.C12H15F.C2H6/c1-3-19(4-2)21-17-13-7-9-18(10-12(13)11-20)14-6-5-8-15-16-14;13-12-8-4-7-11(9-12)10-5-2-1-3-6-10;1-2/h5-6,8,12-13,17,20H,3-4,7,9-11H2,1-2H3;4,7-10H,1-3,5-6H2;1-2H3. The van der Waals surface area contributed by atoms with Crippen LogP contribution >= 0.6 is 12.1 Å². The minimum atomic E-state index is -0.0944. The number of nitrogens with zero attached hydrogens (tertiary/aromatic N) is 4. The zero-order valence-corrected chi connectivity index (χ0v) is 23.4. The van der Waals surface area contributed by atoms with Gasteiger partial charge in [-0.15, -0.1) is 5.10 Å². The van der Waals surface area contributed by atoms with Crippen molar-refractivity contribution in [3.05, 3.63) is 54.0 Å². The minimum Gasteiger partial charge on any atom is -0.396 e. The van der Waals surface area contributed by atoms with Gasteiger partial charge in [-0.25, -0.2) is 13.4 Å². The molecule has 1 aliphatic heterocycles. The lowest BCUT2D eigenvalue weighted by Gasteiger charge is -2.38. The molecule has 2 aromatic rings. The average Bonchev–Trinajstić information content (AvgIpc) is 2.96. The summed E-state index contributed by atoms with van der Waals surface area (Å²) in [5.41, 5.74) is 1.19. The fourth-order valence-electron chi connectivity index (χ4n) is 4.73. The smallest absolute Gasteiger partial charge is 0.151 e. The maximum Gasteiger partial charge on any atom is 0.151 e. The number of aliphatic hydroxyl groups is 1. The Morgan fingerprint density at radius 3 is 2.44 bits per heavy atom. The molecule has 8 heteroatoms. The third-order valence-electron chi connectivity index (χ3n) is 6.81. The van der Waals surface area contributed by atoms with Gasteiger partial charge in [0.05, 0.1) is 0 Å². The zero-order valence-electron chi connectivity index (χ0n) is 22.6. The van der Waals surface area contributed by atoms with Crippen LogP contribution in [0.3, 0.4) is 0 Å². The van der Waals surface area contributed by atoms with E-state index < -0.39 is 0 Å². The summed E-state index contributed by atoms with van der Waals surface area (Å²) in [7, 11) is 0. The number of benzene rings is 1. The van der Waals surface area contributed by atoms with E-state index in [-0.39, 0.29) is 18.3 Å². The van der Waals surface area contributed by atoms with Crippen LogP contribution in [0.2, 0.25) is 0 Å². The molecule has 2 heterocycles. The molecule has 1 aromatic carbocycles. The van der Waals surface area contributed by atoms with Crippen LogP contribution < -0.4 is 9.62 Å². The van der Waals surface area contributed by atoms with Gasteiger partial charge in [-0.3, -0.25) is 0 Å². The van der Waals surface area contributed by atoms with Crippen LogP contribution in [0, 0.1) is 11.7 Å². The van der Waals surface area contributed by atoms with E-state index in [1.165, 1.54) is 43.7 Å². The molecule has 202 valence electrons. The van der Waals surface area contributed by atoms with Gasteiger partial charge in [0.15, 0.2) is 5.82 Å². The second-order valence-corrected chi connectivity index (χ2v) is 10.0. The molecular formula is C28H46FN5OS. The molecule has 4 rings (SSSR count). The number of aromatic nitrogens is 2. The number of halogens is 1. The number of aliphatic hydroxyl groups excluding tert-OH is 1. The quantitative estimate of drug-likeness (QED) is 0.411. The summed E-state index contributed by atoms with van der Waals surface area (Å²) in [4.78, 5) is 2.20. The van der Waals surface area contributed by atoms with Gasteiger partial charge in [-0.2, -0.15) is 5.10 Å². The van der Waals surface area contributed by atoms with Gasteiger partial charge < -0.3 is 10.0 Å². The molecule has 2 unspecified atom stereocenters. The fraction of sp³-hybridized carbons (Fsp3) is 0.643. The minimum absolute atomic E-state index is 0.0944. The first-order valence-electron chi connectivity index (χ1n) is 13.7. The first-order valence-corrected chi connectivity index (χ1v) is 14.5. The summed E-state index contributed by atoms with van der Waals surface area (Å²) in [6, 6.07) is 11.3. The van der Waals surface area contributed by atoms with Crippen LogP contribution in [-0.4, -0.2) is 58.4 Å². The Balaban J connectivity index is 0.000000260. The lowest BCUT2D eigenvalue weighted by atomic mass is 9.84. The molecule has 2 N–H and O–H groups in total. The van der Waals surface area contributed by atoms with Crippen molar-refractivity contribution < 1.29 is 9.50 Å². The van der Waals surface area contributed by atoms with Crippen molar-refractivity contribution in [2.24, 2.45) is 5.92 Å². The second-order valence-electron chi connectivity index (χ2n) is 9.08. The molecule has 1 aliphatic carbocycles. The first-order chi connectivity index (χ1) is 17.6. The summed E-state index contributed by atoms with van der Waals surface area (Å²) in [6.45, 7) is 12.3. The average molecular weight is 520 g/mol. The Morgan fingerprint density at radius 1 is 1.08 bits per heavy atom. The van der Waals surface area contributed by atoms with Crippen LogP contribution in [0.1, 0.15) is 77.7 Å². The molecule has 0 radical (unpaired) electrons. The van der Waals surface area contributed by atoms with Gasteiger partial charge in [0, 0.05) is 63.1 Å². The molecule has 2 aliphatic rings. The van der Waals surface area contributed by atoms with Gasteiger partial charge >= 0.3 is 0 Å². The Bertz CT molecular complexity index is 821. The second kappa shape index (κ2) is 17.7. The highest BCUT2D eigenvalue weighted by molar-refractivity contribution is 7.95. The van der Waals surface area contributed by atoms with Crippen LogP contribution in [0.25, 0.3) is 0 Å². The molecule has 0 bridgehead atoms. The van der Waals surface area contributed by atoms with Gasteiger partial charge in [0.2, 0.25) is 0 Å². The first kappa shape index (κ1) is 30.5. The van der Waals surface area contributed by atoms with Crippen LogP contribution in [0.4, 0.5) is 10.2 Å². The maximum absolute atomic E-state index is 12.9. The van der Waals surface area contributed by atoms with Crippen molar-refractivity contribution in [2.75, 3.05) is 37.7 Å². The van der Waals surface area contributed by atoms with E-state index in [9.17, 15) is 9.50 Å². The van der Waals surface area contributed by atoms with Crippen LogP contribution in [0.15, 0.2) is 42.6 Å². The molecule has 0 amide bonds. The largest absolute Gasteiger partial charge is 0.396 e. The van der Waals surface area contributed by atoms with Gasteiger partial charge in [-0.1, -0.05) is 59.1 Å². The highest BCUT2D eigenvalue weighted by atomic mass is 32.2. The van der Waals surface area contributed by atoms with E-state index in [0.717, 1.165) is 38.4 Å². The summed E-state index contributed by atoms with van der Waals surface area (Å²) in [5, 5.41) is 17.8. The zero-order chi connectivity index (χ0) is 26.2. The predicted molar refractivity (Wildman–Crippen MR) is 150 cm³/mol. The number of hydrogen-bond donors (Lipinski definition) is 2. The molecular weight excluding hydrogens is 473 g/mol. The molecule has 36 heavy (non-hydrogen) atoms. The highest BCUT2D eigenvalue weighted by Crippen LogP contribution is 2.32. The van der Waals surface area contributed by atoms with Crippen molar-refractivity contribution in [1.82, 2.24) is 19.2 Å². The van der Waals surface area contributed by atoms with Crippen molar-refractivity contribution >= 4 is 18.0 Å². The van der Waals surface area contributed by atoms with E-state index in [1.807, 2.05) is 32.0 Å². The van der Waals surface area contributed by atoms with E-state index in [0.29, 0.717) is 12.0 Å². The number of rotatable bonds is 8. The van der Waals surface area contributed by atoms with Crippen molar-refractivity contribution in [3.8, 4) is 0 Å². The number of anilines is 1. The molecule has 1 saturated carbocycles. The van der Waals surface area contributed by atoms with Crippen LogP contribution in [0.5, 0.6) is 0 Å².